The van der Waals surface area contributed by atoms with Crippen LogP contribution in [0.5, 0.6) is 0 Å². The van der Waals surface area contributed by atoms with Gasteiger partial charge < -0.3 is 9.13 Å². The Morgan fingerprint density at radius 3 is 1.27 bits per heavy atom. The minimum Gasteiger partial charge on any atom is -0.307 e. The molecule has 0 bridgehead atoms. The average molecular weight is 839 g/mol. The van der Waals surface area contributed by atoms with Crippen molar-refractivity contribution in [3.8, 4) is 86.5 Å². The molecule has 8 nitrogen and oxygen atoms in total. The quantitative estimate of drug-likeness (QED) is 0.163. The summed E-state index contributed by atoms with van der Waals surface area (Å²) in [5.41, 5.74) is 13.2. The van der Waals surface area contributed by atoms with Crippen molar-refractivity contribution in [2.45, 2.75) is 0 Å². The molecule has 0 radical (unpaired) electrons. The number of para-hydroxylation sites is 2. The lowest BCUT2D eigenvalue weighted by Gasteiger charge is -2.20. The number of aromatic nitrogens is 3. The normalized spacial score (nSPS) is 11.0. The number of rotatable bonds is 6. The number of nitriles is 5. The van der Waals surface area contributed by atoms with Crippen molar-refractivity contribution in [2.75, 3.05) is 0 Å². The molecular weight excluding hydrogens is 809 g/mol. The van der Waals surface area contributed by atoms with Crippen molar-refractivity contribution < 1.29 is 0 Å². The summed E-state index contributed by atoms with van der Waals surface area (Å²) in [4.78, 5) is 5.16. The number of hydrogen-bond acceptors (Lipinski definition) is 6. The first-order valence-electron chi connectivity index (χ1n) is 21.1. The van der Waals surface area contributed by atoms with Gasteiger partial charge in [-0.15, -0.1) is 0 Å². The fourth-order valence-electron chi connectivity index (χ4n) is 9.26. The van der Waals surface area contributed by atoms with E-state index >= 15 is 0 Å². The fraction of sp³-hybridized carbons (Fsp3) is 0. The molecule has 0 aliphatic heterocycles. The molecular formula is C58H30N8. The van der Waals surface area contributed by atoms with Crippen molar-refractivity contribution in [2.24, 2.45) is 0 Å². The largest absolute Gasteiger partial charge is 0.307 e. The van der Waals surface area contributed by atoms with E-state index in [2.05, 4.69) is 94.1 Å². The summed E-state index contributed by atoms with van der Waals surface area (Å²) in [7, 11) is 0. The van der Waals surface area contributed by atoms with E-state index in [0.717, 1.165) is 88.5 Å². The highest BCUT2D eigenvalue weighted by Gasteiger charge is 2.24. The Bertz CT molecular complexity index is 4000. The number of pyridine rings is 1. The second kappa shape index (κ2) is 15.7. The average Bonchev–Trinajstić information content (AvgIpc) is 3.90. The smallest absolute Gasteiger partial charge is 0.0999 e. The van der Waals surface area contributed by atoms with Gasteiger partial charge >= 0.3 is 0 Å². The molecule has 3 heterocycles. The highest BCUT2D eigenvalue weighted by molar-refractivity contribution is 6.13. The molecule has 0 atom stereocenters. The Morgan fingerprint density at radius 1 is 0.318 bits per heavy atom. The lowest BCUT2D eigenvalue weighted by atomic mass is 9.99. The van der Waals surface area contributed by atoms with Gasteiger partial charge in [0.05, 0.1) is 103 Å². The van der Waals surface area contributed by atoms with E-state index in [1.165, 1.54) is 0 Å². The Balaban J connectivity index is 1.27. The van der Waals surface area contributed by atoms with E-state index in [-0.39, 0.29) is 0 Å². The Hall–Kier alpha value is -10.0. The minimum absolute atomic E-state index is 0.389. The summed E-state index contributed by atoms with van der Waals surface area (Å²) in [5, 5.41) is 54.7. The number of fused-ring (bicyclic) bond motifs is 6. The van der Waals surface area contributed by atoms with E-state index in [1.54, 1.807) is 36.4 Å². The van der Waals surface area contributed by atoms with Crippen LogP contribution >= 0.6 is 0 Å². The molecule has 302 valence electrons. The topological polar surface area (TPSA) is 142 Å². The maximum Gasteiger partial charge on any atom is 0.0999 e. The van der Waals surface area contributed by atoms with Crippen molar-refractivity contribution in [3.05, 3.63) is 210 Å². The summed E-state index contributed by atoms with van der Waals surface area (Å²) in [5.74, 6) is 0. The van der Waals surface area contributed by atoms with Crippen molar-refractivity contribution in [1.82, 2.24) is 14.1 Å². The van der Waals surface area contributed by atoms with Gasteiger partial charge in [0.1, 0.15) is 0 Å². The summed E-state index contributed by atoms with van der Waals surface area (Å²) in [6.07, 6.45) is 0. The van der Waals surface area contributed by atoms with Crippen LogP contribution in [-0.2, 0) is 0 Å². The standard InChI is InChI=1S/C58H30N8/c59-31-36-21-37(32-60)24-43(23-36)41-17-19-48-46-11-4-6-15-53(46)65(55(48)27-41)57-29-45(35-63)50(52-14-8-13-51(64-52)40-9-2-1-3-10-40)30-58(57)66-54-16-7-5-12-47(54)49-20-18-42(28-56(49)66)44-25-38(33-61)22-39(26-44)34-62/h1-30H. The molecule has 0 amide bonds. The number of hydrogen-bond donors (Lipinski definition) is 0. The summed E-state index contributed by atoms with van der Waals surface area (Å²) >= 11 is 0. The molecule has 0 spiro atoms. The van der Waals surface area contributed by atoms with Crippen LogP contribution in [0, 0.1) is 56.7 Å². The number of nitrogens with zero attached hydrogens (tertiary/aromatic N) is 8. The number of benzene rings is 8. The molecule has 0 unspecified atom stereocenters. The summed E-state index contributed by atoms with van der Waals surface area (Å²) < 4.78 is 4.43. The molecule has 0 saturated heterocycles. The lowest BCUT2D eigenvalue weighted by Crippen LogP contribution is -2.06. The lowest BCUT2D eigenvalue weighted by molar-refractivity contribution is 1.09. The molecule has 8 heteroatoms. The van der Waals surface area contributed by atoms with Gasteiger partial charge in [0.2, 0.25) is 0 Å². The van der Waals surface area contributed by atoms with Gasteiger partial charge in [0.15, 0.2) is 0 Å². The van der Waals surface area contributed by atoms with Gasteiger partial charge in [-0.3, -0.25) is 0 Å². The van der Waals surface area contributed by atoms with Crippen LogP contribution in [0.15, 0.2) is 182 Å². The van der Waals surface area contributed by atoms with E-state index in [0.29, 0.717) is 39.1 Å². The van der Waals surface area contributed by atoms with Crippen LogP contribution in [0.1, 0.15) is 27.8 Å². The van der Waals surface area contributed by atoms with Crippen LogP contribution < -0.4 is 0 Å². The SMILES string of the molecule is N#Cc1cc(C#N)cc(-c2ccc3c4ccccc4n(-c4cc(C#N)c(-c5cccc(-c6ccccc6)n5)cc4-n4c5ccccc5c5ccc(-c6cc(C#N)cc(C#N)c6)cc54)c3c2)c1. The van der Waals surface area contributed by atoms with E-state index in [1.807, 2.05) is 91.0 Å². The third-order valence-corrected chi connectivity index (χ3v) is 12.2. The molecule has 0 N–H and O–H groups in total. The predicted molar refractivity (Wildman–Crippen MR) is 258 cm³/mol. The minimum atomic E-state index is 0.389. The monoisotopic (exact) mass is 838 g/mol. The van der Waals surface area contributed by atoms with Crippen LogP contribution in [0.2, 0.25) is 0 Å². The molecule has 0 saturated carbocycles. The van der Waals surface area contributed by atoms with E-state index < -0.39 is 0 Å². The zero-order chi connectivity index (χ0) is 44.9. The third-order valence-electron chi connectivity index (χ3n) is 12.2. The maximum atomic E-state index is 11.1. The fourth-order valence-corrected chi connectivity index (χ4v) is 9.26. The van der Waals surface area contributed by atoms with Gasteiger partial charge in [-0.25, -0.2) is 4.98 Å². The van der Waals surface area contributed by atoms with Crippen LogP contribution in [0.3, 0.4) is 0 Å². The Labute approximate surface area is 378 Å². The van der Waals surface area contributed by atoms with Gasteiger partial charge in [0, 0.05) is 32.7 Å². The molecule has 0 aliphatic carbocycles. The highest BCUT2D eigenvalue weighted by atomic mass is 15.1. The summed E-state index contributed by atoms with van der Waals surface area (Å²) in [6, 6.07) is 70.4. The first kappa shape index (κ1) is 38.9. The molecule has 3 aromatic heterocycles. The van der Waals surface area contributed by atoms with E-state index in [4.69, 9.17) is 4.98 Å². The van der Waals surface area contributed by atoms with Crippen LogP contribution in [-0.4, -0.2) is 14.1 Å². The predicted octanol–water partition coefficient (Wildman–Crippen LogP) is 13.3. The second-order valence-electron chi connectivity index (χ2n) is 16.0. The van der Waals surface area contributed by atoms with Crippen LogP contribution in [0.4, 0.5) is 0 Å². The third kappa shape index (κ3) is 6.38. The Morgan fingerprint density at radius 2 is 0.773 bits per heavy atom. The molecule has 11 aromatic rings. The maximum absolute atomic E-state index is 11.1. The van der Waals surface area contributed by atoms with Gasteiger partial charge in [-0.05, 0) is 107 Å². The van der Waals surface area contributed by atoms with Crippen molar-refractivity contribution in [3.63, 3.8) is 0 Å². The van der Waals surface area contributed by atoms with E-state index in [9.17, 15) is 26.3 Å². The molecule has 0 aliphatic rings. The Kier molecular flexibility index (Phi) is 9.24. The van der Waals surface area contributed by atoms with Crippen molar-refractivity contribution in [1.29, 1.82) is 26.3 Å². The molecule has 8 aromatic carbocycles. The van der Waals surface area contributed by atoms with Crippen molar-refractivity contribution >= 4 is 43.6 Å². The molecule has 0 fully saturated rings. The van der Waals surface area contributed by atoms with Gasteiger partial charge in [-0.2, -0.15) is 26.3 Å². The molecule has 66 heavy (non-hydrogen) atoms. The van der Waals surface area contributed by atoms with Crippen LogP contribution in [0.25, 0.3) is 99.8 Å². The second-order valence-corrected chi connectivity index (χ2v) is 16.0. The highest BCUT2D eigenvalue weighted by Crippen LogP contribution is 2.43. The first-order valence-corrected chi connectivity index (χ1v) is 21.1. The summed E-state index contributed by atoms with van der Waals surface area (Å²) in [6.45, 7) is 0. The first-order chi connectivity index (χ1) is 32.5. The van der Waals surface area contributed by atoms with Gasteiger partial charge in [-0.1, -0.05) is 97.1 Å². The zero-order valence-corrected chi connectivity index (χ0v) is 34.9. The zero-order valence-electron chi connectivity index (χ0n) is 34.9. The van der Waals surface area contributed by atoms with Gasteiger partial charge in [0.25, 0.3) is 0 Å². The molecule has 11 rings (SSSR count).